The third-order valence-electron chi connectivity index (χ3n) is 4.30. The molecular weight excluding hydrogens is 378 g/mol. The highest BCUT2D eigenvalue weighted by Crippen LogP contribution is 2.29. The predicted molar refractivity (Wildman–Crippen MR) is 107 cm³/mol. The van der Waals surface area contributed by atoms with Gasteiger partial charge in [0.2, 0.25) is 0 Å². The van der Waals surface area contributed by atoms with Crippen LogP contribution in [0.1, 0.15) is 89.7 Å². The van der Waals surface area contributed by atoms with E-state index in [2.05, 4.69) is 34.4 Å². The van der Waals surface area contributed by atoms with Crippen LogP contribution in [0.5, 0.6) is 0 Å². The summed E-state index contributed by atoms with van der Waals surface area (Å²) in [6.45, 7) is 7.60. The van der Waals surface area contributed by atoms with Gasteiger partial charge in [-0.25, -0.2) is 9.78 Å². The molecule has 1 unspecified atom stereocenters. The van der Waals surface area contributed by atoms with Gasteiger partial charge in [0.15, 0.2) is 0 Å². The quantitative estimate of drug-likeness (QED) is 0.153. The second-order valence-corrected chi connectivity index (χ2v) is 7.43. The molecule has 1 aromatic heterocycles. The Labute approximate surface area is 161 Å². The summed E-state index contributed by atoms with van der Waals surface area (Å²) < 4.78 is 6.38. The molecule has 0 spiro atoms. The summed E-state index contributed by atoms with van der Waals surface area (Å²) in [5, 5.41) is 0. The zero-order valence-electron chi connectivity index (χ0n) is 15.7. The predicted octanol–water partition coefficient (Wildman–Crippen LogP) is 6.93. The maximum atomic E-state index is 11.9. The number of ether oxygens (including phenoxy) is 1. The van der Waals surface area contributed by atoms with Crippen LogP contribution in [0.2, 0.25) is 0 Å². The Morgan fingerprint density at radius 2 is 1.76 bits per heavy atom. The van der Waals surface area contributed by atoms with Gasteiger partial charge in [-0.15, -0.1) is 0 Å². The summed E-state index contributed by atoms with van der Waals surface area (Å²) in [6, 6.07) is 3.83. The van der Waals surface area contributed by atoms with Gasteiger partial charge >= 0.3 is 5.97 Å². The van der Waals surface area contributed by atoms with E-state index in [9.17, 15) is 4.79 Å². The number of esters is 1. The molecule has 140 valence electrons. The molecule has 0 aliphatic heterocycles. The van der Waals surface area contributed by atoms with Crippen LogP contribution in [0.15, 0.2) is 35.1 Å². The Balaban J connectivity index is 2.40. The Hall–Kier alpha value is -1.16. The number of halogens is 1. The first kappa shape index (κ1) is 21.9. The number of hydrogen-bond donors (Lipinski definition) is 0. The summed E-state index contributed by atoms with van der Waals surface area (Å²) in [5.41, 5.74) is 1.36. The van der Waals surface area contributed by atoms with E-state index in [4.69, 9.17) is 4.74 Å². The highest BCUT2D eigenvalue weighted by molar-refractivity contribution is 9.10. The number of carbonyl (C=O) groups is 1. The van der Waals surface area contributed by atoms with Gasteiger partial charge in [0.1, 0.15) is 10.7 Å². The zero-order valence-corrected chi connectivity index (χ0v) is 17.3. The number of nitrogens with zero attached hydrogens (tertiary/aromatic N) is 1. The molecule has 1 atom stereocenters. The van der Waals surface area contributed by atoms with E-state index in [1.165, 1.54) is 51.4 Å². The van der Waals surface area contributed by atoms with Crippen molar-refractivity contribution in [1.82, 2.24) is 4.98 Å². The molecule has 0 saturated heterocycles. The third kappa shape index (κ3) is 9.20. The smallest absolute Gasteiger partial charge is 0.333 e. The Morgan fingerprint density at radius 1 is 1.16 bits per heavy atom. The highest BCUT2D eigenvalue weighted by atomic mass is 79.9. The van der Waals surface area contributed by atoms with Crippen molar-refractivity contribution in [2.75, 3.05) is 0 Å². The van der Waals surface area contributed by atoms with E-state index >= 15 is 0 Å². The van der Waals surface area contributed by atoms with Crippen LogP contribution in [-0.2, 0) is 9.53 Å². The van der Waals surface area contributed by atoms with Gasteiger partial charge in [-0.05, 0) is 41.8 Å². The zero-order chi connectivity index (χ0) is 18.5. The number of pyridine rings is 1. The van der Waals surface area contributed by atoms with Crippen LogP contribution in [0, 0.1) is 0 Å². The fraction of sp³-hybridized carbons (Fsp3) is 0.619. The average molecular weight is 410 g/mol. The number of unbranched alkanes of at least 4 members (excludes halogenated alkanes) is 8. The van der Waals surface area contributed by atoms with Gasteiger partial charge in [0, 0.05) is 17.3 Å². The van der Waals surface area contributed by atoms with E-state index in [0.717, 1.165) is 23.0 Å². The van der Waals surface area contributed by atoms with Crippen LogP contribution in [-0.4, -0.2) is 11.0 Å². The van der Waals surface area contributed by atoms with Crippen molar-refractivity contribution >= 4 is 21.9 Å². The summed E-state index contributed by atoms with van der Waals surface area (Å²) in [7, 11) is 0. The van der Waals surface area contributed by atoms with E-state index in [-0.39, 0.29) is 12.1 Å². The van der Waals surface area contributed by atoms with Gasteiger partial charge in [-0.1, -0.05) is 70.9 Å². The minimum atomic E-state index is -0.336. The SMILES string of the molecule is C=C(C)C(=O)OC(CCCCCCCCCCC)c1cccnc1Br. The Bertz CT molecular complexity index is 530. The summed E-state index contributed by atoms with van der Waals surface area (Å²) in [4.78, 5) is 16.2. The van der Waals surface area contributed by atoms with E-state index < -0.39 is 0 Å². The first-order chi connectivity index (χ1) is 12.1. The largest absolute Gasteiger partial charge is 0.454 e. The van der Waals surface area contributed by atoms with E-state index in [1.807, 2.05) is 12.1 Å². The lowest BCUT2D eigenvalue weighted by atomic mass is 10.0. The molecule has 1 rings (SSSR count). The van der Waals surface area contributed by atoms with Gasteiger partial charge in [-0.3, -0.25) is 0 Å². The van der Waals surface area contributed by atoms with Crippen molar-refractivity contribution in [2.24, 2.45) is 0 Å². The Morgan fingerprint density at radius 3 is 2.32 bits per heavy atom. The molecule has 3 nitrogen and oxygen atoms in total. The van der Waals surface area contributed by atoms with Gasteiger partial charge in [0.25, 0.3) is 0 Å². The fourth-order valence-electron chi connectivity index (χ4n) is 2.79. The monoisotopic (exact) mass is 409 g/mol. The van der Waals surface area contributed by atoms with Crippen molar-refractivity contribution in [3.8, 4) is 0 Å². The molecule has 0 aliphatic rings. The summed E-state index contributed by atoms with van der Waals surface area (Å²) in [5.74, 6) is -0.336. The second-order valence-electron chi connectivity index (χ2n) is 6.67. The molecular formula is C21H32BrNO2. The van der Waals surface area contributed by atoms with Crippen LogP contribution < -0.4 is 0 Å². The first-order valence-corrected chi connectivity index (χ1v) is 10.3. The summed E-state index contributed by atoms with van der Waals surface area (Å²) in [6.07, 6.45) is 13.8. The normalized spacial score (nSPS) is 12.0. The van der Waals surface area contributed by atoms with Crippen molar-refractivity contribution < 1.29 is 9.53 Å². The molecule has 0 amide bonds. The van der Waals surface area contributed by atoms with E-state index in [0.29, 0.717) is 5.57 Å². The van der Waals surface area contributed by atoms with Crippen LogP contribution in [0.4, 0.5) is 0 Å². The second kappa shape index (κ2) is 13.1. The molecule has 4 heteroatoms. The van der Waals surface area contributed by atoms with Crippen LogP contribution in [0.3, 0.4) is 0 Å². The molecule has 0 radical (unpaired) electrons. The number of rotatable bonds is 13. The molecule has 1 aromatic rings. The third-order valence-corrected chi connectivity index (χ3v) is 4.97. The number of aromatic nitrogens is 1. The lowest BCUT2D eigenvalue weighted by Crippen LogP contribution is -2.13. The molecule has 0 saturated carbocycles. The minimum absolute atomic E-state index is 0.267. The van der Waals surface area contributed by atoms with Crippen molar-refractivity contribution in [3.63, 3.8) is 0 Å². The lowest BCUT2D eigenvalue weighted by molar-refractivity contribution is -0.145. The fourth-order valence-corrected chi connectivity index (χ4v) is 3.29. The first-order valence-electron chi connectivity index (χ1n) is 9.53. The number of carbonyl (C=O) groups excluding carboxylic acids is 1. The van der Waals surface area contributed by atoms with Gasteiger partial charge in [0.05, 0.1) is 0 Å². The average Bonchev–Trinajstić information content (AvgIpc) is 2.59. The van der Waals surface area contributed by atoms with Gasteiger partial charge < -0.3 is 4.74 Å². The minimum Gasteiger partial charge on any atom is -0.454 e. The van der Waals surface area contributed by atoms with Crippen molar-refractivity contribution in [2.45, 2.75) is 84.2 Å². The molecule has 0 N–H and O–H groups in total. The van der Waals surface area contributed by atoms with Crippen molar-refractivity contribution in [1.29, 1.82) is 0 Å². The molecule has 0 aliphatic carbocycles. The van der Waals surface area contributed by atoms with E-state index in [1.54, 1.807) is 13.1 Å². The molecule has 1 heterocycles. The Kier molecular flexibility index (Phi) is 11.5. The molecule has 0 aromatic carbocycles. The van der Waals surface area contributed by atoms with Gasteiger partial charge in [-0.2, -0.15) is 0 Å². The molecule has 0 bridgehead atoms. The van der Waals surface area contributed by atoms with Crippen molar-refractivity contribution in [3.05, 3.63) is 40.6 Å². The molecule has 0 fully saturated rings. The van der Waals surface area contributed by atoms with Crippen LogP contribution in [0.25, 0.3) is 0 Å². The number of hydrogen-bond acceptors (Lipinski definition) is 3. The highest BCUT2D eigenvalue weighted by Gasteiger charge is 2.19. The lowest BCUT2D eigenvalue weighted by Gasteiger charge is -2.19. The maximum absolute atomic E-state index is 11.9. The standard InChI is InChI=1S/C21H32BrNO2/c1-4-5-6-7-8-9-10-11-12-15-19(25-21(24)17(2)3)18-14-13-16-23-20(18)22/h13-14,16,19H,2,4-12,15H2,1,3H3. The molecule has 25 heavy (non-hydrogen) atoms. The topological polar surface area (TPSA) is 39.2 Å². The summed E-state index contributed by atoms with van der Waals surface area (Å²) >= 11 is 3.46. The van der Waals surface area contributed by atoms with Crippen LogP contribution >= 0.6 is 15.9 Å². The maximum Gasteiger partial charge on any atom is 0.333 e.